The molecule has 0 aliphatic carbocycles. The minimum absolute atomic E-state index is 0.128. The van der Waals surface area contributed by atoms with E-state index in [1.807, 2.05) is 38.1 Å². The number of aromatic nitrogens is 1. The fraction of sp³-hybridized carbons (Fsp3) is 0.312. The number of nitrogens with one attached hydrogen (secondary N) is 1. The van der Waals surface area contributed by atoms with E-state index in [2.05, 4.69) is 10.3 Å². The first-order valence-corrected chi connectivity index (χ1v) is 8.87. The van der Waals surface area contributed by atoms with Crippen LogP contribution in [0.1, 0.15) is 12.5 Å². The van der Waals surface area contributed by atoms with E-state index >= 15 is 0 Å². The lowest BCUT2D eigenvalue weighted by atomic mass is 10.2. The average Bonchev–Trinajstić information content (AvgIpc) is 2.47. The van der Waals surface area contributed by atoms with Crippen LogP contribution in [-0.4, -0.2) is 32.3 Å². The van der Waals surface area contributed by atoms with Crippen molar-refractivity contribution in [2.24, 2.45) is 0 Å². The molecule has 1 aromatic heterocycles. The minimum Gasteiger partial charge on any atom is -0.489 e. The summed E-state index contributed by atoms with van der Waals surface area (Å²) in [5.74, 6) is 1.13. The van der Waals surface area contributed by atoms with Crippen molar-refractivity contribution in [2.45, 2.75) is 24.8 Å². The molecule has 2 aromatic rings. The maximum absolute atomic E-state index is 11.7. The Labute approximate surface area is 131 Å². The van der Waals surface area contributed by atoms with Gasteiger partial charge in [0.25, 0.3) is 0 Å². The monoisotopic (exact) mass is 320 g/mol. The summed E-state index contributed by atoms with van der Waals surface area (Å²) in [4.78, 5) is 4.28. The van der Waals surface area contributed by atoms with Crippen molar-refractivity contribution in [1.29, 1.82) is 0 Å². The first-order valence-electron chi connectivity index (χ1n) is 6.98. The van der Waals surface area contributed by atoms with Gasteiger partial charge in [-0.25, -0.2) is 13.4 Å². The van der Waals surface area contributed by atoms with Crippen LogP contribution in [0.2, 0.25) is 0 Å². The van der Waals surface area contributed by atoms with Crippen molar-refractivity contribution >= 4 is 15.7 Å². The standard InChI is InChI=1S/C16H20N2O3S/c1-12-6-8-14(9-7-12)21-13(2)11-18-16-15(22(3,19)20)5-4-10-17-16/h4-10,13H,11H2,1-3H3,(H,17,18). The van der Waals surface area contributed by atoms with E-state index in [0.29, 0.717) is 12.4 Å². The smallest absolute Gasteiger partial charge is 0.179 e. The van der Waals surface area contributed by atoms with Crippen LogP contribution in [0, 0.1) is 6.92 Å². The maximum Gasteiger partial charge on any atom is 0.179 e. The Morgan fingerprint density at radius 3 is 2.55 bits per heavy atom. The van der Waals surface area contributed by atoms with Crippen LogP contribution in [0.5, 0.6) is 5.75 Å². The molecule has 22 heavy (non-hydrogen) atoms. The summed E-state index contributed by atoms with van der Waals surface area (Å²) in [5.41, 5.74) is 1.17. The van der Waals surface area contributed by atoms with Crippen LogP contribution in [-0.2, 0) is 9.84 Å². The molecule has 5 nitrogen and oxygen atoms in total. The molecular weight excluding hydrogens is 300 g/mol. The predicted octanol–water partition coefficient (Wildman–Crippen LogP) is 2.67. The van der Waals surface area contributed by atoms with E-state index in [0.717, 1.165) is 5.75 Å². The van der Waals surface area contributed by atoms with Crippen molar-refractivity contribution in [3.05, 3.63) is 48.2 Å². The van der Waals surface area contributed by atoms with Crippen LogP contribution >= 0.6 is 0 Å². The van der Waals surface area contributed by atoms with Crippen LogP contribution in [0.25, 0.3) is 0 Å². The Morgan fingerprint density at radius 1 is 1.23 bits per heavy atom. The van der Waals surface area contributed by atoms with Crippen LogP contribution in [0.3, 0.4) is 0 Å². The van der Waals surface area contributed by atoms with Crippen molar-refractivity contribution in [2.75, 3.05) is 18.1 Å². The fourth-order valence-electron chi connectivity index (χ4n) is 1.95. The molecule has 0 aliphatic heterocycles. The number of sulfone groups is 1. The lowest BCUT2D eigenvalue weighted by Gasteiger charge is -2.17. The zero-order valence-corrected chi connectivity index (χ0v) is 13.7. The second-order valence-electron chi connectivity index (χ2n) is 5.24. The van der Waals surface area contributed by atoms with Gasteiger partial charge in [0.15, 0.2) is 9.84 Å². The molecule has 0 fully saturated rings. The lowest BCUT2D eigenvalue weighted by Crippen LogP contribution is -2.23. The summed E-state index contributed by atoms with van der Waals surface area (Å²) in [7, 11) is -3.31. The summed E-state index contributed by atoms with van der Waals surface area (Å²) in [6, 6.07) is 10.9. The highest BCUT2D eigenvalue weighted by atomic mass is 32.2. The quantitative estimate of drug-likeness (QED) is 0.886. The van der Waals surface area contributed by atoms with E-state index in [1.54, 1.807) is 12.3 Å². The van der Waals surface area contributed by atoms with E-state index in [1.165, 1.54) is 17.9 Å². The van der Waals surface area contributed by atoms with Gasteiger partial charge in [-0.15, -0.1) is 0 Å². The van der Waals surface area contributed by atoms with Crippen molar-refractivity contribution in [3.8, 4) is 5.75 Å². The van der Waals surface area contributed by atoms with Crippen molar-refractivity contribution in [3.63, 3.8) is 0 Å². The lowest BCUT2D eigenvalue weighted by molar-refractivity contribution is 0.234. The fourth-order valence-corrected chi connectivity index (χ4v) is 2.76. The Balaban J connectivity index is 2.00. The van der Waals surface area contributed by atoms with Gasteiger partial charge in [0.05, 0.1) is 6.54 Å². The number of benzene rings is 1. The van der Waals surface area contributed by atoms with Gasteiger partial charge in [0.2, 0.25) is 0 Å². The maximum atomic E-state index is 11.7. The Kier molecular flexibility index (Phi) is 5.03. The van der Waals surface area contributed by atoms with Crippen LogP contribution in [0.4, 0.5) is 5.82 Å². The molecule has 1 N–H and O–H groups in total. The topological polar surface area (TPSA) is 68.3 Å². The number of anilines is 1. The molecule has 1 heterocycles. The number of rotatable bonds is 6. The van der Waals surface area contributed by atoms with E-state index < -0.39 is 9.84 Å². The second-order valence-corrected chi connectivity index (χ2v) is 7.23. The summed E-state index contributed by atoms with van der Waals surface area (Å²) < 4.78 is 29.2. The zero-order chi connectivity index (χ0) is 16.2. The average molecular weight is 320 g/mol. The number of ether oxygens (including phenoxy) is 1. The summed E-state index contributed by atoms with van der Waals surface area (Å²) >= 11 is 0. The van der Waals surface area contributed by atoms with Gasteiger partial charge in [-0.05, 0) is 38.1 Å². The van der Waals surface area contributed by atoms with Gasteiger partial charge >= 0.3 is 0 Å². The Hall–Kier alpha value is -2.08. The third kappa shape index (κ3) is 4.46. The van der Waals surface area contributed by atoms with E-state index in [4.69, 9.17) is 4.74 Å². The normalized spacial score (nSPS) is 12.7. The molecule has 0 amide bonds. The molecule has 0 saturated carbocycles. The summed E-state index contributed by atoms with van der Waals surface area (Å²) in [6.45, 7) is 4.38. The Bertz CT molecular complexity index is 727. The van der Waals surface area contributed by atoms with Gasteiger partial charge < -0.3 is 10.1 Å². The molecule has 2 rings (SSSR count). The highest BCUT2D eigenvalue weighted by Crippen LogP contribution is 2.18. The van der Waals surface area contributed by atoms with Gasteiger partial charge in [0.1, 0.15) is 22.6 Å². The van der Waals surface area contributed by atoms with Gasteiger partial charge in [0, 0.05) is 12.5 Å². The summed E-state index contributed by atoms with van der Waals surface area (Å²) in [5, 5.41) is 3.04. The molecular formula is C16H20N2O3S. The van der Waals surface area contributed by atoms with Crippen LogP contribution in [0.15, 0.2) is 47.5 Å². The SMILES string of the molecule is Cc1ccc(OC(C)CNc2ncccc2S(C)(=O)=O)cc1. The number of aryl methyl sites for hydroxylation is 1. The molecule has 0 aliphatic rings. The highest BCUT2D eigenvalue weighted by molar-refractivity contribution is 7.90. The molecule has 1 atom stereocenters. The predicted molar refractivity (Wildman–Crippen MR) is 87.1 cm³/mol. The third-order valence-corrected chi connectivity index (χ3v) is 4.21. The third-order valence-electron chi connectivity index (χ3n) is 3.09. The minimum atomic E-state index is -3.31. The second kappa shape index (κ2) is 6.79. The first-order chi connectivity index (χ1) is 10.4. The summed E-state index contributed by atoms with van der Waals surface area (Å²) in [6.07, 6.45) is 2.60. The molecule has 0 saturated heterocycles. The van der Waals surface area contributed by atoms with E-state index in [9.17, 15) is 8.42 Å². The van der Waals surface area contributed by atoms with Gasteiger partial charge in [-0.2, -0.15) is 0 Å². The molecule has 1 unspecified atom stereocenters. The number of nitrogens with zero attached hydrogens (tertiary/aromatic N) is 1. The largest absolute Gasteiger partial charge is 0.489 e. The Morgan fingerprint density at radius 2 is 1.91 bits per heavy atom. The molecule has 0 radical (unpaired) electrons. The molecule has 0 spiro atoms. The first kappa shape index (κ1) is 16.3. The van der Waals surface area contributed by atoms with Gasteiger partial charge in [-0.1, -0.05) is 17.7 Å². The number of hydrogen-bond acceptors (Lipinski definition) is 5. The number of pyridine rings is 1. The molecule has 118 valence electrons. The van der Waals surface area contributed by atoms with Crippen LogP contribution < -0.4 is 10.1 Å². The molecule has 1 aromatic carbocycles. The molecule has 6 heteroatoms. The van der Waals surface area contributed by atoms with Gasteiger partial charge in [-0.3, -0.25) is 0 Å². The molecule has 0 bridgehead atoms. The zero-order valence-electron chi connectivity index (χ0n) is 12.9. The van der Waals surface area contributed by atoms with Crippen molar-refractivity contribution in [1.82, 2.24) is 4.98 Å². The highest BCUT2D eigenvalue weighted by Gasteiger charge is 2.14. The van der Waals surface area contributed by atoms with Crippen molar-refractivity contribution < 1.29 is 13.2 Å². The van der Waals surface area contributed by atoms with E-state index in [-0.39, 0.29) is 11.0 Å². The number of hydrogen-bond donors (Lipinski definition) is 1.